The number of nitrogens with zero attached hydrogens (tertiary/aromatic N) is 3. The molecule has 36 heavy (non-hydrogen) atoms. The van der Waals surface area contributed by atoms with E-state index in [0.29, 0.717) is 5.71 Å². The molecule has 0 N–H and O–H groups in total. The summed E-state index contributed by atoms with van der Waals surface area (Å²) in [7, 11) is 0. The molecule has 0 aliphatic carbocycles. The third-order valence-corrected chi connectivity index (χ3v) is 11.4. The monoisotopic (exact) mass is 535 g/mol. The molecule has 0 aliphatic rings. The molecule has 0 saturated heterocycles. The standard InChI is InChI=1S/C31H31GeN3O/c1-17(2)30-34-27(25-10-8-9-22-23-13-11-19(4)33-31(23)36-29(22)25)24-14-12-20-16-21(32(5,6)7)15-18(3)26(20)28(24)35-30/h8-17H,1-7H3. The molecule has 6 rings (SSSR count). The zero-order valence-electron chi connectivity index (χ0n) is 22.0. The van der Waals surface area contributed by atoms with Crippen LogP contribution in [-0.2, 0) is 0 Å². The van der Waals surface area contributed by atoms with Crippen molar-refractivity contribution < 1.29 is 4.42 Å². The van der Waals surface area contributed by atoms with Gasteiger partial charge in [0, 0.05) is 5.69 Å². The third-order valence-electron chi connectivity index (χ3n) is 7.14. The van der Waals surface area contributed by atoms with Gasteiger partial charge in [0.1, 0.15) is 0 Å². The predicted molar refractivity (Wildman–Crippen MR) is 154 cm³/mol. The number of hydrogen-bond donors (Lipinski definition) is 0. The van der Waals surface area contributed by atoms with Gasteiger partial charge in [-0.25, -0.2) is 0 Å². The molecule has 3 aromatic heterocycles. The summed E-state index contributed by atoms with van der Waals surface area (Å²) in [4.78, 5) is 14.9. The van der Waals surface area contributed by atoms with Crippen molar-refractivity contribution in [3.05, 3.63) is 71.7 Å². The number of benzene rings is 3. The van der Waals surface area contributed by atoms with Crippen LogP contribution in [0.1, 0.15) is 36.8 Å². The van der Waals surface area contributed by atoms with Crippen LogP contribution < -0.4 is 4.40 Å². The van der Waals surface area contributed by atoms with Gasteiger partial charge < -0.3 is 0 Å². The Morgan fingerprint density at radius 2 is 1.58 bits per heavy atom. The van der Waals surface area contributed by atoms with Crippen molar-refractivity contribution in [3.63, 3.8) is 0 Å². The fraction of sp³-hybridized carbons (Fsp3) is 0.258. The fourth-order valence-electron chi connectivity index (χ4n) is 5.13. The summed E-state index contributed by atoms with van der Waals surface area (Å²) in [5, 5.41) is 5.63. The number of aromatic nitrogens is 3. The minimum absolute atomic E-state index is 0.201. The number of aryl methyl sites for hydroxylation is 2. The molecular weight excluding hydrogens is 503 g/mol. The Hall–Kier alpha value is -3.25. The molecule has 0 atom stereocenters. The van der Waals surface area contributed by atoms with Crippen LogP contribution in [0.15, 0.2) is 59.0 Å². The molecule has 0 saturated carbocycles. The number of hydrogen-bond acceptors (Lipinski definition) is 4. The Morgan fingerprint density at radius 1 is 0.806 bits per heavy atom. The Kier molecular flexibility index (Phi) is 5.24. The minimum atomic E-state index is -1.98. The van der Waals surface area contributed by atoms with E-state index in [1.165, 1.54) is 20.7 Å². The summed E-state index contributed by atoms with van der Waals surface area (Å²) < 4.78 is 7.89. The van der Waals surface area contributed by atoms with E-state index in [0.717, 1.165) is 50.0 Å². The van der Waals surface area contributed by atoms with Crippen molar-refractivity contribution in [2.45, 2.75) is 50.9 Å². The maximum atomic E-state index is 6.37. The molecule has 5 heteroatoms. The normalized spacial score (nSPS) is 12.6. The molecule has 0 unspecified atom stereocenters. The summed E-state index contributed by atoms with van der Waals surface area (Å²) in [6, 6.07) is 19.7. The average molecular weight is 534 g/mol. The van der Waals surface area contributed by atoms with Crippen LogP contribution in [0.5, 0.6) is 0 Å². The first kappa shape index (κ1) is 23.2. The first-order valence-electron chi connectivity index (χ1n) is 12.7. The molecule has 3 aromatic carbocycles. The van der Waals surface area contributed by atoms with Crippen LogP contribution >= 0.6 is 0 Å². The maximum absolute atomic E-state index is 6.37. The molecule has 4 nitrogen and oxygen atoms in total. The number of rotatable bonds is 3. The number of pyridine rings is 1. The van der Waals surface area contributed by atoms with E-state index in [9.17, 15) is 0 Å². The molecule has 6 aromatic rings. The molecule has 0 amide bonds. The van der Waals surface area contributed by atoms with E-state index >= 15 is 0 Å². The van der Waals surface area contributed by atoms with Crippen LogP contribution in [-0.4, -0.2) is 28.2 Å². The Morgan fingerprint density at radius 3 is 2.33 bits per heavy atom. The molecule has 180 valence electrons. The van der Waals surface area contributed by atoms with Crippen LogP contribution in [0.2, 0.25) is 17.3 Å². The van der Waals surface area contributed by atoms with Crippen LogP contribution in [0.25, 0.3) is 55.0 Å². The quantitative estimate of drug-likeness (QED) is 0.170. The van der Waals surface area contributed by atoms with Gasteiger partial charge in [-0.05, 0) is 13.0 Å². The van der Waals surface area contributed by atoms with E-state index in [2.05, 4.69) is 91.6 Å². The van der Waals surface area contributed by atoms with Crippen molar-refractivity contribution >= 4 is 61.4 Å². The van der Waals surface area contributed by atoms with Crippen molar-refractivity contribution in [2.75, 3.05) is 0 Å². The fourth-order valence-corrected chi connectivity index (χ4v) is 7.73. The van der Waals surface area contributed by atoms with Gasteiger partial charge in [-0.1, -0.05) is 0 Å². The van der Waals surface area contributed by atoms with Gasteiger partial charge in [-0.2, -0.15) is 0 Å². The van der Waals surface area contributed by atoms with Crippen molar-refractivity contribution in [1.29, 1.82) is 0 Å². The zero-order chi connectivity index (χ0) is 25.4. The SMILES string of the molecule is Cc1ccc2c(n1)oc1c(-c3nc(C(C)C)nc4c3ccc3c[c]([Ge]([CH3])([CH3])[CH3])cc(C)c34)cccc12. The average Bonchev–Trinajstić information content (AvgIpc) is 3.19. The summed E-state index contributed by atoms with van der Waals surface area (Å²) in [5.41, 5.74) is 6.65. The van der Waals surface area contributed by atoms with E-state index in [1.54, 1.807) is 0 Å². The van der Waals surface area contributed by atoms with Gasteiger partial charge in [0.05, 0.1) is 0 Å². The third kappa shape index (κ3) is 3.62. The molecule has 0 radical (unpaired) electrons. The number of para-hydroxylation sites is 1. The Labute approximate surface area is 214 Å². The van der Waals surface area contributed by atoms with Gasteiger partial charge in [-0.15, -0.1) is 0 Å². The predicted octanol–water partition coefficient (Wildman–Crippen LogP) is 8.03. The summed E-state index contributed by atoms with van der Waals surface area (Å²) in [6.07, 6.45) is 0. The van der Waals surface area contributed by atoms with Crippen LogP contribution in [0.3, 0.4) is 0 Å². The van der Waals surface area contributed by atoms with E-state index in [-0.39, 0.29) is 5.92 Å². The molecule has 0 spiro atoms. The number of furan rings is 1. The number of fused-ring (bicyclic) bond motifs is 6. The molecular formula is C31H31GeN3O. The van der Waals surface area contributed by atoms with Crippen LogP contribution in [0.4, 0.5) is 0 Å². The Bertz CT molecular complexity index is 1830. The van der Waals surface area contributed by atoms with Gasteiger partial charge >= 0.3 is 196 Å². The second-order valence-electron chi connectivity index (χ2n) is 11.3. The van der Waals surface area contributed by atoms with E-state index in [4.69, 9.17) is 14.4 Å². The van der Waals surface area contributed by atoms with Gasteiger partial charge in [0.25, 0.3) is 0 Å². The van der Waals surface area contributed by atoms with Crippen LogP contribution in [0, 0.1) is 13.8 Å². The van der Waals surface area contributed by atoms with Gasteiger partial charge in [0.2, 0.25) is 0 Å². The van der Waals surface area contributed by atoms with E-state index < -0.39 is 13.3 Å². The molecule has 0 aliphatic heterocycles. The van der Waals surface area contributed by atoms with Crippen molar-refractivity contribution in [3.8, 4) is 11.3 Å². The summed E-state index contributed by atoms with van der Waals surface area (Å²) in [5.74, 6) is 8.39. The zero-order valence-corrected chi connectivity index (χ0v) is 24.1. The molecule has 0 fully saturated rings. The Balaban J connectivity index is 1.72. The van der Waals surface area contributed by atoms with Crippen molar-refractivity contribution in [1.82, 2.24) is 15.0 Å². The van der Waals surface area contributed by atoms with Gasteiger partial charge in [-0.3, -0.25) is 0 Å². The molecule has 3 heterocycles. The second-order valence-corrected chi connectivity index (χ2v) is 21.9. The van der Waals surface area contributed by atoms with Crippen molar-refractivity contribution in [2.24, 2.45) is 0 Å². The summed E-state index contributed by atoms with van der Waals surface area (Å²) >= 11 is -1.98. The first-order chi connectivity index (χ1) is 17.1. The van der Waals surface area contributed by atoms with Gasteiger partial charge in [0.15, 0.2) is 0 Å². The first-order valence-corrected chi connectivity index (χ1v) is 20.0. The second kappa shape index (κ2) is 8.14. The topological polar surface area (TPSA) is 51.8 Å². The van der Waals surface area contributed by atoms with E-state index in [1.807, 2.05) is 13.0 Å². The molecule has 0 bridgehead atoms. The summed E-state index contributed by atoms with van der Waals surface area (Å²) in [6.45, 7) is 8.53.